The zero-order chi connectivity index (χ0) is 28.8. The van der Waals surface area contributed by atoms with Crippen LogP contribution in [0.2, 0.25) is 0 Å². The van der Waals surface area contributed by atoms with Gasteiger partial charge in [0.1, 0.15) is 0 Å². The number of nitro groups is 1. The molecule has 1 fully saturated rings. The van der Waals surface area contributed by atoms with Crippen LogP contribution in [0, 0.1) is 15.5 Å². The number of nitro benzene ring substituents is 1. The van der Waals surface area contributed by atoms with Crippen LogP contribution >= 0.6 is 0 Å². The van der Waals surface area contributed by atoms with Crippen LogP contribution in [0.5, 0.6) is 0 Å². The van der Waals surface area contributed by atoms with Gasteiger partial charge < -0.3 is 5.32 Å². The molecule has 220 valence electrons. The summed E-state index contributed by atoms with van der Waals surface area (Å²) >= 11 is 0. The maximum absolute atomic E-state index is 13.9. The number of fused-ring (bicyclic) bond motifs is 6. The van der Waals surface area contributed by atoms with Crippen molar-refractivity contribution >= 4 is 22.6 Å². The molecule has 0 aliphatic heterocycles. The Hall–Kier alpha value is -2.57. The second kappa shape index (κ2) is 12.9. The molecule has 1 N–H and O–H groups in total. The predicted molar refractivity (Wildman–Crippen MR) is 162 cm³/mol. The second-order valence-electron chi connectivity index (χ2n) is 13.1. The highest BCUT2D eigenvalue weighted by Crippen LogP contribution is 2.70. The molecule has 1 aromatic heterocycles. The standard InChI is InChI=1S/C33H50N4O3/c1-5-6-7-8-9-10-11-12-13-14-15-16-17-18-23-34-30(38)33-22-21-32(4,31(33,2)3)28-29(33)36-27-24-25(37(39)40)19-20-26(27)35-28/h19-20,24H,5-18,21-23H2,1-4H3,(H,34,38). The van der Waals surface area contributed by atoms with Gasteiger partial charge in [-0.1, -0.05) is 111 Å². The van der Waals surface area contributed by atoms with Crippen LogP contribution in [0.1, 0.15) is 142 Å². The van der Waals surface area contributed by atoms with Crippen LogP contribution in [-0.4, -0.2) is 27.3 Å². The van der Waals surface area contributed by atoms with E-state index in [0.29, 0.717) is 17.6 Å². The van der Waals surface area contributed by atoms with Crippen molar-refractivity contribution in [3.8, 4) is 0 Å². The first kappa shape index (κ1) is 30.4. The fraction of sp³-hybridized carbons (Fsp3) is 0.727. The van der Waals surface area contributed by atoms with Crippen LogP contribution in [0.25, 0.3) is 11.0 Å². The fourth-order valence-corrected chi connectivity index (χ4v) is 7.38. The number of aromatic nitrogens is 2. The third kappa shape index (κ3) is 5.62. The van der Waals surface area contributed by atoms with Gasteiger partial charge in [-0.15, -0.1) is 0 Å². The van der Waals surface area contributed by atoms with Crippen LogP contribution in [0.3, 0.4) is 0 Å². The van der Waals surface area contributed by atoms with E-state index in [0.717, 1.165) is 37.1 Å². The first-order chi connectivity index (χ1) is 19.2. The first-order valence-corrected chi connectivity index (χ1v) is 15.9. The van der Waals surface area contributed by atoms with Crippen LogP contribution in [0.4, 0.5) is 5.69 Å². The third-order valence-corrected chi connectivity index (χ3v) is 10.4. The molecule has 0 spiro atoms. The molecule has 0 saturated heterocycles. The molecule has 2 aromatic rings. The van der Waals surface area contributed by atoms with Gasteiger partial charge in [-0.25, -0.2) is 9.97 Å². The number of hydrogen-bond donors (Lipinski definition) is 1. The summed E-state index contributed by atoms with van der Waals surface area (Å²) in [6, 6.07) is 4.62. The Balaban J connectivity index is 1.26. The van der Waals surface area contributed by atoms with Crippen molar-refractivity contribution < 1.29 is 9.72 Å². The maximum atomic E-state index is 13.9. The number of unbranched alkanes of at least 4 members (excludes halogenated alkanes) is 13. The van der Waals surface area contributed by atoms with E-state index in [1.807, 2.05) is 0 Å². The molecular weight excluding hydrogens is 500 g/mol. The summed E-state index contributed by atoms with van der Waals surface area (Å²) in [5.41, 5.74) is 1.34. The molecule has 7 nitrogen and oxygen atoms in total. The van der Waals surface area contributed by atoms with Gasteiger partial charge in [-0.2, -0.15) is 0 Å². The lowest BCUT2D eigenvalue weighted by atomic mass is 9.63. The Bertz CT molecular complexity index is 1200. The molecule has 40 heavy (non-hydrogen) atoms. The molecule has 2 bridgehead atoms. The van der Waals surface area contributed by atoms with Crippen molar-refractivity contribution in [1.29, 1.82) is 0 Å². The van der Waals surface area contributed by atoms with Gasteiger partial charge >= 0.3 is 0 Å². The van der Waals surface area contributed by atoms with E-state index in [1.54, 1.807) is 6.07 Å². The van der Waals surface area contributed by atoms with Gasteiger partial charge in [0.2, 0.25) is 5.91 Å². The van der Waals surface area contributed by atoms with Crippen molar-refractivity contribution in [2.75, 3.05) is 6.54 Å². The number of carbonyl (C=O) groups excluding carboxylic acids is 1. The van der Waals surface area contributed by atoms with Gasteiger partial charge in [-0.3, -0.25) is 14.9 Å². The summed E-state index contributed by atoms with van der Waals surface area (Å²) in [5.74, 6) is 0.0359. The van der Waals surface area contributed by atoms with Crippen LogP contribution in [0.15, 0.2) is 18.2 Å². The number of benzene rings is 1. The quantitative estimate of drug-likeness (QED) is 0.121. The lowest BCUT2D eigenvalue weighted by molar-refractivity contribution is -0.384. The Morgan fingerprint density at radius 2 is 1.38 bits per heavy atom. The molecular formula is C33H50N4O3. The second-order valence-corrected chi connectivity index (χ2v) is 13.1. The number of nitrogens with one attached hydrogen (secondary N) is 1. The van der Waals surface area contributed by atoms with Crippen molar-refractivity contribution in [3.63, 3.8) is 0 Å². The van der Waals surface area contributed by atoms with E-state index in [1.165, 1.54) is 89.2 Å². The highest BCUT2D eigenvalue weighted by atomic mass is 16.6. The summed E-state index contributed by atoms with van der Waals surface area (Å²) < 4.78 is 0. The van der Waals surface area contributed by atoms with E-state index in [9.17, 15) is 14.9 Å². The number of rotatable bonds is 17. The predicted octanol–water partition coefficient (Wildman–Crippen LogP) is 8.46. The monoisotopic (exact) mass is 550 g/mol. The summed E-state index contributed by atoms with van der Waals surface area (Å²) in [4.78, 5) is 34.7. The van der Waals surface area contributed by atoms with E-state index in [4.69, 9.17) is 9.97 Å². The SMILES string of the molecule is CCCCCCCCCCCCCCCCNC(=O)C12CCC(C)(c3nc4ccc([N+](=O)[O-])cc4nc31)C2(C)C. The number of hydrogen-bond acceptors (Lipinski definition) is 5. The summed E-state index contributed by atoms with van der Waals surface area (Å²) in [6.07, 6.45) is 20.0. The van der Waals surface area contributed by atoms with E-state index in [-0.39, 0.29) is 22.4 Å². The van der Waals surface area contributed by atoms with Gasteiger partial charge in [0.15, 0.2) is 0 Å². The van der Waals surface area contributed by atoms with Crippen LogP contribution < -0.4 is 5.32 Å². The highest BCUT2D eigenvalue weighted by Gasteiger charge is 2.73. The Morgan fingerprint density at radius 3 is 1.95 bits per heavy atom. The topological polar surface area (TPSA) is 98.0 Å². The third-order valence-electron chi connectivity index (χ3n) is 10.4. The Morgan fingerprint density at radius 1 is 0.825 bits per heavy atom. The highest BCUT2D eigenvalue weighted by molar-refractivity contribution is 5.93. The molecule has 1 heterocycles. The average Bonchev–Trinajstić information content (AvgIpc) is 3.23. The van der Waals surface area contributed by atoms with Crippen molar-refractivity contribution in [2.45, 2.75) is 141 Å². The molecule has 4 rings (SSSR count). The largest absolute Gasteiger partial charge is 0.355 e. The van der Waals surface area contributed by atoms with E-state index in [2.05, 4.69) is 33.0 Å². The maximum Gasteiger partial charge on any atom is 0.271 e. The van der Waals surface area contributed by atoms with Crippen molar-refractivity contribution in [3.05, 3.63) is 39.7 Å². The Labute approximate surface area is 240 Å². The van der Waals surface area contributed by atoms with Gasteiger partial charge in [-0.05, 0) is 30.7 Å². The average molecular weight is 551 g/mol. The minimum absolute atomic E-state index is 0.00770. The lowest BCUT2D eigenvalue weighted by Crippen LogP contribution is -2.51. The zero-order valence-electron chi connectivity index (χ0n) is 25.3. The molecule has 1 aromatic carbocycles. The summed E-state index contributed by atoms with van der Waals surface area (Å²) in [5, 5.41) is 14.6. The first-order valence-electron chi connectivity index (χ1n) is 15.9. The van der Waals surface area contributed by atoms with Crippen LogP contribution in [-0.2, 0) is 15.6 Å². The number of carbonyl (C=O) groups is 1. The fourth-order valence-electron chi connectivity index (χ4n) is 7.38. The molecule has 7 heteroatoms. The number of nitrogens with zero attached hydrogens (tertiary/aromatic N) is 3. The molecule has 2 aliphatic rings. The minimum atomic E-state index is -0.765. The van der Waals surface area contributed by atoms with Crippen molar-refractivity contribution in [2.24, 2.45) is 5.41 Å². The Kier molecular flexibility index (Phi) is 9.84. The molecule has 1 saturated carbocycles. The van der Waals surface area contributed by atoms with Gasteiger partial charge in [0.25, 0.3) is 5.69 Å². The van der Waals surface area contributed by atoms with Crippen molar-refractivity contribution in [1.82, 2.24) is 15.3 Å². The van der Waals surface area contributed by atoms with Gasteiger partial charge in [0.05, 0.1) is 32.8 Å². The normalized spacial score (nSPS) is 22.5. The molecule has 2 atom stereocenters. The molecule has 2 unspecified atom stereocenters. The molecule has 2 aliphatic carbocycles. The number of non-ortho nitro benzene ring substituents is 1. The van der Waals surface area contributed by atoms with E-state index >= 15 is 0 Å². The minimum Gasteiger partial charge on any atom is -0.355 e. The van der Waals surface area contributed by atoms with E-state index < -0.39 is 10.3 Å². The van der Waals surface area contributed by atoms with Gasteiger partial charge in [0, 0.05) is 24.1 Å². The molecule has 0 radical (unpaired) electrons. The lowest BCUT2D eigenvalue weighted by Gasteiger charge is -2.39. The zero-order valence-corrected chi connectivity index (χ0v) is 25.3. The summed E-state index contributed by atoms with van der Waals surface area (Å²) in [7, 11) is 0. The number of amides is 1. The molecule has 1 amide bonds. The summed E-state index contributed by atoms with van der Waals surface area (Å²) in [6.45, 7) is 9.48. The smallest absolute Gasteiger partial charge is 0.271 e.